The number of amides is 1. The molecular weight excluding hydrogens is 228 g/mol. The minimum Gasteiger partial charge on any atom is -0.379 e. The molecule has 1 saturated heterocycles. The molecule has 4 nitrogen and oxygen atoms in total. The highest BCUT2D eigenvalue weighted by Gasteiger charge is 2.39. The van der Waals surface area contributed by atoms with Crippen LogP contribution in [0.5, 0.6) is 0 Å². The maximum atomic E-state index is 12.1. The van der Waals surface area contributed by atoms with Crippen molar-refractivity contribution in [1.82, 2.24) is 5.32 Å². The van der Waals surface area contributed by atoms with Gasteiger partial charge in [-0.1, -0.05) is 19.8 Å². The lowest BCUT2D eigenvalue weighted by atomic mass is 9.83. The van der Waals surface area contributed by atoms with Gasteiger partial charge in [0.25, 0.3) is 0 Å². The molecule has 0 spiro atoms. The maximum absolute atomic E-state index is 12.1. The van der Waals surface area contributed by atoms with E-state index in [1.54, 1.807) is 0 Å². The summed E-state index contributed by atoms with van der Waals surface area (Å²) in [6, 6.07) is 0.326. The van der Waals surface area contributed by atoms with Gasteiger partial charge < -0.3 is 15.8 Å². The Morgan fingerprint density at radius 1 is 1.39 bits per heavy atom. The summed E-state index contributed by atoms with van der Waals surface area (Å²) in [5.41, 5.74) is 5.28. The van der Waals surface area contributed by atoms with E-state index in [0.717, 1.165) is 18.8 Å². The number of carbonyl (C=O) groups excluding carboxylic acids is 1. The second-order valence-corrected chi connectivity index (χ2v) is 5.94. The van der Waals surface area contributed by atoms with Crippen LogP contribution in [0.15, 0.2) is 0 Å². The molecule has 2 aliphatic rings. The van der Waals surface area contributed by atoms with Gasteiger partial charge in [0.1, 0.15) is 5.54 Å². The molecule has 2 fully saturated rings. The van der Waals surface area contributed by atoms with E-state index in [4.69, 9.17) is 10.5 Å². The van der Waals surface area contributed by atoms with Crippen molar-refractivity contribution in [2.75, 3.05) is 13.2 Å². The first-order valence-electron chi connectivity index (χ1n) is 7.31. The van der Waals surface area contributed by atoms with Crippen molar-refractivity contribution in [2.45, 2.75) is 63.5 Å². The third-order valence-corrected chi connectivity index (χ3v) is 4.38. The first-order valence-corrected chi connectivity index (χ1v) is 7.31. The largest absolute Gasteiger partial charge is 0.379 e. The number of hydrogen-bond acceptors (Lipinski definition) is 3. The highest BCUT2D eigenvalue weighted by Crippen LogP contribution is 2.28. The third-order valence-electron chi connectivity index (χ3n) is 4.38. The lowest BCUT2D eigenvalue weighted by Crippen LogP contribution is -2.57. The smallest absolute Gasteiger partial charge is 0.242 e. The zero-order valence-corrected chi connectivity index (χ0v) is 11.4. The molecule has 4 heteroatoms. The molecule has 0 aromatic heterocycles. The first kappa shape index (κ1) is 13.8. The number of nitrogens with one attached hydrogen (secondary N) is 1. The molecule has 3 N–H and O–H groups in total. The molecule has 1 heterocycles. The summed E-state index contributed by atoms with van der Waals surface area (Å²) in [6.45, 7) is 3.21. The molecule has 1 amide bonds. The average Bonchev–Trinajstić information content (AvgIpc) is 2.80. The maximum Gasteiger partial charge on any atom is 0.242 e. The van der Waals surface area contributed by atoms with E-state index < -0.39 is 5.54 Å². The Bertz CT molecular complexity index is 280. The average molecular weight is 254 g/mol. The van der Waals surface area contributed by atoms with Crippen LogP contribution >= 0.6 is 0 Å². The van der Waals surface area contributed by atoms with Gasteiger partial charge in [0.15, 0.2) is 0 Å². The van der Waals surface area contributed by atoms with Crippen LogP contribution in [0, 0.1) is 5.92 Å². The topological polar surface area (TPSA) is 64.4 Å². The first-order chi connectivity index (χ1) is 8.64. The highest BCUT2D eigenvalue weighted by molar-refractivity contribution is 5.86. The minimum absolute atomic E-state index is 0.0149. The summed E-state index contributed by atoms with van der Waals surface area (Å²) in [5.74, 6) is 0.851. The molecule has 0 bridgehead atoms. The van der Waals surface area contributed by atoms with Gasteiger partial charge in [-0.25, -0.2) is 0 Å². The summed E-state index contributed by atoms with van der Waals surface area (Å²) in [4.78, 5) is 12.1. The van der Waals surface area contributed by atoms with Gasteiger partial charge in [-0.2, -0.15) is 0 Å². The van der Waals surface area contributed by atoms with Crippen molar-refractivity contribution < 1.29 is 9.53 Å². The lowest BCUT2D eigenvalue weighted by Gasteiger charge is -2.31. The lowest BCUT2D eigenvalue weighted by molar-refractivity contribution is -0.127. The molecule has 0 aromatic carbocycles. The van der Waals surface area contributed by atoms with E-state index in [0.29, 0.717) is 25.7 Å². The normalized spacial score (nSPS) is 36.6. The van der Waals surface area contributed by atoms with E-state index in [1.165, 1.54) is 25.7 Å². The Labute approximate surface area is 110 Å². The number of ether oxygens (including phenoxy) is 1. The van der Waals surface area contributed by atoms with Crippen molar-refractivity contribution >= 4 is 5.91 Å². The molecule has 1 aliphatic heterocycles. The summed E-state index contributed by atoms with van der Waals surface area (Å²) < 4.78 is 5.23. The second-order valence-electron chi connectivity index (χ2n) is 5.94. The molecule has 1 atom stereocenters. The van der Waals surface area contributed by atoms with Gasteiger partial charge >= 0.3 is 0 Å². The molecule has 18 heavy (non-hydrogen) atoms. The Hall–Kier alpha value is -0.610. The molecule has 1 aliphatic carbocycles. The van der Waals surface area contributed by atoms with Gasteiger partial charge in [0.2, 0.25) is 5.91 Å². The Morgan fingerprint density at radius 2 is 2.11 bits per heavy atom. The van der Waals surface area contributed by atoms with Gasteiger partial charge in [0, 0.05) is 12.6 Å². The van der Waals surface area contributed by atoms with E-state index >= 15 is 0 Å². The Morgan fingerprint density at radius 3 is 2.67 bits per heavy atom. The van der Waals surface area contributed by atoms with Crippen LogP contribution in [0.2, 0.25) is 0 Å². The number of hydrogen-bond donors (Lipinski definition) is 2. The van der Waals surface area contributed by atoms with E-state index in [-0.39, 0.29) is 5.91 Å². The molecule has 1 unspecified atom stereocenters. The van der Waals surface area contributed by atoms with Crippen molar-refractivity contribution in [3.8, 4) is 0 Å². The van der Waals surface area contributed by atoms with Gasteiger partial charge in [0.05, 0.1) is 6.61 Å². The molecular formula is C14H26N2O2. The predicted molar refractivity (Wildman–Crippen MR) is 71.2 cm³/mol. The summed E-state index contributed by atoms with van der Waals surface area (Å²) >= 11 is 0. The van der Waals surface area contributed by atoms with Crippen molar-refractivity contribution in [3.63, 3.8) is 0 Å². The number of nitrogens with two attached hydrogens (primary N) is 1. The molecule has 1 saturated carbocycles. The number of carbonyl (C=O) groups is 1. The zero-order valence-electron chi connectivity index (χ0n) is 11.4. The van der Waals surface area contributed by atoms with Crippen LogP contribution in [-0.2, 0) is 9.53 Å². The van der Waals surface area contributed by atoms with E-state index in [2.05, 4.69) is 12.2 Å². The second kappa shape index (κ2) is 6.02. The van der Waals surface area contributed by atoms with Crippen molar-refractivity contribution in [1.29, 1.82) is 0 Å². The van der Waals surface area contributed by atoms with Crippen molar-refractivity contribution in [2.24, 2.45) is 11.7 Å². The van der Waals surface area contributed by atoms with E-state index in [9.17, 15) is 4.79 Å². The van der Waals surface area contributed by atoms with Crippen LogP contribution in [0.1, 0.15) is 51.9 Å². The highest BCUT2D eigenvalue weighted by atomic mass is 16.5. The molecule has 104 valence electrons. The molecule has 2 rings (SSSR count). The van der Waals surface area contributed by atoms with Crippen LogP contribution in [0.4, 0.5) is 0 Å². The summed E-state index contributed by atoms with van der Waals surface area (Å²) in [6.07, 6.45) is 7.94. The summed E-state index contributed by atoms with van der Waals surface area (Å²) in [7, 11) is 0. The predicted octanol–water partition coefficient (Wildman–Crippen LogP) is 1.58. The fraction of sp³-hybridized carbons (Fsp3) is 0.929. The van der Waals surface area contributed by atoms with Gasteiger partial charge in [-0.15, -0.1) is 0 Å². The third kappa shape index (κ3) is 3.23. The minimum atomic E-state index is -0.778. The van der Waals surface area contributed by atoms with Crippen LogP contribution in [0.3, 0.4) is 0 Å². The Kier molecular flexibility index (Phi) is 4.62. The van der Waals surface area contributed by atoms with Crippen LogP contribution < -0.4 is 11.1 Å². The summed E-state index contributed by atoms with van der Waals surface area (Å²) in [5, 5.41) is 3.12. The van der Waals surface area contributed by atoms with Crippen LogP contribution in [-0.4, -0.2) is 30.7 Å². The molecule has 0 radical (unpaired) electrons. The molecule has 0 aromatic rings. The van der Waals surface area contributed by atoms with Crippen molar-refractivity contribution in [3.05, 3.63) is 0 Å². The standard InChI is InChI=1S/C14H26N2O2/c1-2-3-11-4-6-12(7-5-11)16-13(17)14(15)8-9-18-10-14/h11-12H,2-10,15H2,1H3,(H,16,17). The Balaban J connectivity index is 1.76. The van der Waals surface area contributed by atoms with Gasteiger partial charge in [-0.05, 0) is 38.0 Å². The fourth-order valence-electron chi connectivity index (χ4n) is 3.09. The monoisotopic (exact) mass is 254 g/mol. The quantitative estimate of drug-likeness (QED) is 0.800. The SMILES string of the molecule is CCCC1CCC(NC(=O)C2(N)CCOC2)CC1. The zero-order chi connectivity index (χ0) is 13.0. The fourth-order valence-corrected chi connectivity index (χ4v) is 3.09. The number of rotatable bonds is 4. The van der Waals surface area contributed by atoms with E-state index in [1.807, 2.05) is 0 Å². The van der Waals surface area contributed by atoms with Crippen LogP contribution in [0.25, 0.3) is 0 Å². The van der Waals surface area contributed by atoms with Gasteiger partial charge in [-0.3, -0.25) is 4.79 Å².